The molecule has 2 aliphatic rings. The van der Waals surface area contributed by atoms with Crippen molar-refractivity contribution in [3.8, 4) is 0 Å². The zero-order valence-electron chi connectivity index (χ0n) is 19.2. The molecule has 1 spiro atoms. The number of carbonyl (C=O) groups excluding carboxylic acids is 2. The maximum Gasteiger partial charge on any atom is 0.327 e. The molecule has 0 N–H and O–H groups in total. The predicted octanol–water partition coefficient (Wildman–Crippen LogP) is 3.97. The molecule has 0 radical (unpaired) electrons. The Labute approximate surface area is 204 Å². The van der Waals surface area contributed by atoms with Gasteiger partial charge in [0, 0.05) is 50.1 Å². The van der Waals surface area contributed by atoms with E-state index in [0.29, 0.717) is 25.9 Å². The number of benzene rings is 1. The summed E-state index contributed by atoms with van der Waals surface area (Å²) in [4.78, 5) is 41.6. The van der Waals surface area contributed by atoms with Crippen molar-refractivity contribution in [2.75, 3.05) is 19.6 Å². The number of aromatic nitrogens is 2. The number of amides is 3. The minimum absolute atomic E-state index is 0.0338. The van der Waals surface area contributed by atoms with Crippen LogP contribution in [-0.4, -0.2) is 61.8 Å². The van der Waals surface area contributed by atoms with Crippen molar-refractivity contribution in [2.24, 2.45) is 0 Å². The maximum atomic E-state index is 13.8. The summed E-state index contributed by atoms with van der Waals surface area (Å²) in [5, 5.41) is 3.08. The molecule has 0 atom stereocenters. The highest BCUT2D eigenvalue weighted by Gasteiger charge is 2.57. The van der Waals surface area contributed by atoms with Crippen LogP contribution >= 0.6 is 11.3 Å². The summed E-state index contributed by atoms with van der Waals surface area (Å²) in [5.41, 5.74) is 1.40. The molecule has 34 heavy (non-hydrogen) atoms. The lowest BCUT2D eigenvalue weighted by Crippen LogP contribution is -2.56. The number of likely N-dealkylation sites (tertiary alicyclic amines) is 1. The van der Waals surface area contributed by atoms with Gasteiger partial charge in [0.2, 0.25) is 0 Å². The molecule has 2 aliphatic heterocycles. The first-order valence-corrected chi connectivity index (χ1v) is 12.7. The van der Waals surface area contributed by atoms with E-state index in [2.05, 4.69) is 14.9 Å². The smallest absolute Gasteiger partial charge is 0.305 e. The first-order valence-electron chi connectivity index (χ1n) is 11.8. The van der Waals surface area contributed by atoms with Gasteiger partial charge in [0.25, 0.3) is 5.91 Å². The Kier molecular flexibility index (Phi) is 6.69. The largest absolute Gasteiger partial charge is 0.327 e. The molecule has 176 valence electrons. The number of nitrogens with zero attached hydrogens (tertiary/aromatic N) is 5. The zero-order chi connectivity index (χ0) is 23.4. The number of piperidine rings is 1. The van der Waals surface area contributed by atoms with E-state index in [1.165, 1.54) is 4.90 Å². The Morgan fingerprint density at radius 3 is 2.44 bits per heavy atom. The molecule has 8 heteroatoms. The third-order valence-corrected chi connectivity index (χ3v) is 7.67. The van der Waals surface area contributed by atoms with Crippen LogP contribution in [-0.2, 0) is 24.3 Å². The van der Waals surface area contributed by atoms with Crippen LogP contribution in [0.3, 0.4) is 0 Å². The summed E-state index contributed by atoms with van der Waals surface area (Å²) < 4.78 is 0. The lowest BCUT2D eigenvalue weighted by Gasteiger charge is -2.42. The van der Waals surface area contributed by atoms with Crippen molar-refractivity contribution in [3.05, 3.63) is 82.6 Å². The van der Waals surface area contributed by atoms with E-state index in [0.717, 1.165) is 48.6 Å². The molecule has 1 aromatic carbocycles. The van der Waals surface area contributed by atoms with Crippen molar-refractivity contribution in [2.45, 2.75) is 44.3 Å². The SMILES string of the molecule is O=C1N(CCCc2cccnc2)C(=O)C2(CCN(Cc3nccs3)CC2)N1Cc1ccccc1. The minimum atomic E-state index is -0.763. The second-order valence-electron chi connectivity index (χ2n) is 9.01. The monoisotopic (exact) mass is 475 g/mol. The number of pyridine rings is 1. The summed E-state index contributed by atoms with van der Waals surface area (Å²) in [7, 11) is 0. The van der Waals surface area contributed by atoms with Crippen LogP contribution in [0.25, 0.3) is 0 Å². The zero-order valence-corrected chi connectivity index (χ0v) is 20.0. The van der Waals surface area contributed by atoms with Crippen molar-refractivity contribution < 1.29 is 9.59 Å². The fourth-order valence-electron chi connectivity index (χ4n) is 5.04. The van der Waals surface area contributed by atoms with Crippen LogP contribution in [0.1, 0.15) is 35.4 Å². The van der Waals surface area contributed by atoms with Gasteiger partial charge < -0.3 is 4.90 Å². The molecular weight excluding hydrogens is 446 g/mol. The van der Waals surface area contributed by atoms with Gasteiger partial charge in [-0.15, -0.1) is 11.3 Å². The van der Waals surface area contributed by atoms with Crippen LogP contribution in [0.4, 0.5) is 4.79 Å². The average Bonchev–Trinajstić information content (AvgIpc) is 3.45. The Morgan fingerprint density at radius 1 is 0.941 bits per heavy atom. The summed E-state index contributed by atoms with van der Waals surface area (Å²) in [6.07, 6.45) is 8.24. The Morgan fingerprint density at radius 2 is 1.74 bits per heavy atom. The van der Waals surface area contributed by atoms with Crippen molar-refractivity contribution in [1.82, 2.24) is 24.7 Å². The van der Waals surface area contributed by atoms with E-state index < -0.39 is 5.54 Å². The molecule has 4 heterocycles. The van der Waals surface area contributed by atoms with E-state index in [1.807, 2.05) is 65.1 Å². The lowest BCUT2D eigenvalue weighted by molar-refractivity contribution is -0.136. The molecular formula is C26H29N5O2S. The van der Waals surface area contributed by atoms with E-state index >= 15 is 0 Å². The van der Waals surface area contributed by atoms with Gasteiger partial charge in [0.1, 0.15) is 10.5 Å². The minimum Gasteiger partial charge on any atom is -0.305 e. The summed E-state index contributed by atoms with van der Waals surface area (Å²) in [5.74, 6) is -0.0338. The number of urea groups is 1. The van der Waals surface area contributed by atoms with E-state index in [9.17, 15) is 9.59 Å². The van der Waals surface area contributed by atoms with Crippen molar-refractivity contribution in [1.29, 1.82) is 0 Å². The van der Waals surface area contributed by atoms with Gasteiger partial charge in [-0.1, -0.05) is 36.4 Å². The molecule has 0 bridgehead atoms. The van der Waals surface area contributed by atoms with Crippen LogP contribution < -0.4 is 0 Å². The highest BCUT2D eigenvalue weighted by atomic mass is 32.1. The fourth-order valence-corrected chi connectivity index (χ4v) is 5.70. The molecule has 5 rings (SSSR count). The summed E-state index contributed by atoms with van der Waals surface area (Å²) in [6, 6.07) is 13.8. The molecule has 3 aromatic rings. The fraction of sp³-hybridized carbons (Fsp3) is 0.385. The first kappa shape index (κ1) is 22.7. The van der Waals surface area contributed by atoms with E-state index in [4.69, 9.17) is 0 Å². The first-order chi connectivity index (χ1) is 16.7. The van der Waals surface area contributed by atoms with Gasteiger partial charge in [-0.3, -0.25) is 19.6 Å². The molecule has 0 aliphatic carbocycles. The van der Waals surface area contributed by atoms with Gasteiger partial charge in [-0.25, -0.2) is 9.78 Å². The van der Waals surface area contributed by atoms with E-state index in [-0.39, 0.29) is 11.9 Å². The number of aryl methyl sites for hydroxylation is 1. The molecule has 2 fully saturated rings. The predicted molar refractivity (Wildman–Crippen MR) is 131 cm³/mol. The van der Waals surface area contributed by atoms with Crippen molar-refractivity contribution in [3.63, 3.8) is 0 Å². The quantitative estimate of drug-likeness (QED) is 0.461. The number of hydrogen-bond acceptors (Lipinski definition) is 6. The molecule has 2 aromatic heterocycles. The van der Waals surface area contributed by atoms with Crippen LogP contribution in [0.15, 0.2) is 66.4 Å². The van der Waals surface area contributed by atoms with Crippen LogP contribution in [0, 0.1) is 0 Å². The molecule has 0 saturated carbocycles. The molecule has 3 amide bonds. The Bertz CT molecular complexity index is 1100. The second kappa shape index (κ2) is 10.0. The number of rotatable bonds is 8. The Hall–Kier alpha value is -3.10. The molecule has 0 unspecified atom stereocenters. The number of thiazole rings is 1. The molecule has 2 saturated heterocycles. The van der Waals surface area contributed by atoms with Gasteiger partial charge in [-0.05, 0) is 42.9 Å². The number of imide groups is 1. The third kappa shape index (κ3) is 4.60. The topological polar surface area (TPSA) is 69.6 Å². The third-order valence-electron chi connectivity index (χ3n) is 6.90. The Balaban J connectivity index is 1.32. The standard InChI is InChI=1S/C26H29N5O2S/c32-24-26(10-15-29(16-11-26)20-23-28-13-17-34-23)31(19-22-6-2-1-3-7-22)25(33)30(24)14-5-9-21-8-4-12-27-18-21/h1-4,6-8,12-13,17-18H,5,9-11,14-16,19-20H2. The summed E-state index contributed by atoms with van der Waals surface area (Å²) >= 11 is 1.65. The van der Waals surface area contributed by atoms with Gasteiger partial charge >= 0.3 is 6.03 Å². The lowest BCUT2D eigenvalue weighted by atomic mass is 9.85. The van der Waals surface area contributed by atoms with Gasteiger partial charge in [-0.2, -0.15) is 0 Å². The maximum absolute atomic E-state index is 13.8. The highest BCUT2D eigenvalue weighted by molar-refractivity contribution is 7.09. The average molecular weight is 476 g/mol. The van der Waals surface area contributed by atoms with E-state index in [1.54, 1.807) is 17.5 Å². The van der Waals surface area contributed by atoms with Crippen molar-refractivity contribution >= 4 is 23.3 Å². The number of hydrogen-bond donors (Lipinski definition) is 0. The normalized spacial score (nSPS) is 18.2. The van der Waals surface area contributed by atoms with Gasteiger partial charge in [0.15, 0.2) is 0 Å². The van der Waals surface area contributed by atoms with Crippen LogP contribution in [0.5, 0.6) is 0 Å². The van der Waals surface area contributed by atoms with Gasteiger partial charge in [0.05, 0.1) is 6.54 Å². The number of carbonyl (C=O) groups is 2. The highest BCUT2D eigenvalue weighted by Crippen LogP contribution is 2.39. The molecule has 7 nitrogen and oxygen atoms in total. The summed E-state index contributed by atoms with van der Waals surface area (Å²) in [6.45, 7) is 3.23. The van der Waals surface area contributed by atoms with Crippen LogP contribution in [0.2, 0.25) is 0 Å². The second-order valence-corrected chi connectivity index (χ2v) is 9.99.